The van der Waals surface area contributed by atoms with E-state index in [4.69, 9.17) is 10.8 Å². The van der Waals surface area contributed by atoms with E-state index in [-0.39, 0.29) is 12.3 Å². The van der Waals surface area contributed by atoms with E-state index in [1.807, 2.05) is 0 Å². The Morgan fingerprint density at radius 1 is 1.58 bits per heavy atom. The second-order valence-corrected chi connectivity index (χ2v) is 3.30. The van der Waals surface area contributed by atoms with E-state index in [0.717, 1.165) is 12.8 Å². The molecular weight excluding hydrogens is 154 g/mol. The molecule has 0 aliphatic heterocycles. The van der Waals surface area contributed by atoms with Crippen molar-refractivity contribution in [2.75, 3.05) is 6.54 Å². The zero-order chi connectivity index (χ0) is 8.97. The molecular formula is C9H15NO2. The average Bonchev–Trinajstić information content (AvgIpc) is 2.51. The third-order valence-electron chi connectivity index (χ3n) is 2.45. The van der Waals surface area contributed by atoms with Crippen LogP contribution in [-0.4, -0.2) is 17.6 Å². The lowest BCUT2D eigenvalue weighted by Gasteiger charge is -2.19. The van der Waals surface area contributed by atoms with Gasteiger partial charge in [0.2, 0.25) is 0 Å². The van der Waals surface area contributed by atoms with E-state index in [0.29, 0.717) is 12.5 Å². The molecule has 1 atom stereocenters. The van der Waals surface area contributed by atoms with E-state index >= 15 is 0 Å². The Kier molecular flexibility index (Phi) is 3.29. The van der Waals surface area contributed by atoms with E-state index < -0.39 is 5.97 Å². The van der Waals surface area contributed by atoms with Crippen LogP contribution in [0.25, 0.3) is 0 Å². The predicted octanol–water partition coefficient (Wildman–Crippen LogP) is 1.00. The van der Waals surface area contributed by atoms with Crippen molar-refractivity contribution in [2.45, 2.75) is 19.3 Å². The molecule has 3 nitrogen and oxygen atoms in total. The smallest absolute Gasteiger partial charge is 0.303 e. The molecule has 0 aromatic heterocycles. The largest absolute Gasteiger partial charge is 0.481 e. The molecule has 0 bridgehead atoms. The third kappa shape index (κ3) is 2.34. The number of rotatable bonds is 4. The van der Waals surface area contributed by atoms with Crippen LogP contribution in [0.1, 0.15) is 19.3 Å². The van der Waals surface area contributed by atoms with Crippen molar-refractivity contribution in [3.63, 3.8) is 0 Å². The molecule has 12 heavy (non-hydrogen) atoms. The summed E-state index contributed by atoms with van der Waals surface area (Å²) in [5, 5.41) is 8.60. The van der Waals surface area contributed by atoms with E-state index in [1.54, 1.807) is 0 Å². The Morgan fingerprint density at radius 2 is 2.17 bits per heavy atom. The Labute approximate surface area is 72.3 Å². The van der Waals surface area contributed by atoms with Gasteiger partial charge in [-0.3, -0.25) is 4.79 Å². The number of nitrogens with two attached hydrogens (primary N) is 1. The van der Waals surface area contributed by atoms with Crippen molar-refractivity contribution in [3.8, 4) is 0 Å². The third-order valence-corrected chi connectivity index (χ3v) is 2.45. The number of carbonyl (C=O) groups is 1. The summed E-state index contributed by atoms with van der Waals surface area (Å²) in [5.74, 6) is -0.124. The molecule has 0 aromatic carbocycles. The fourth-order valence-corrected chi connectivity index (χ4v) is 1.69. The number of allylic oxidation sites excluding steroid dienone is 2. The molecule has 3 heteroatoms. The van der Waals surface area contributed by atoms with Crippen LogP contribution in [0.3, 0.4) is 0 Å². The maximum atomic E-state index is 10.4. The van der Waals surface area contributed by atoms with Crippen LogP contribution in [0.2, 0.25) is 0 Å². The zero-order valence-corrected chi connectivity index (χ0v) is 7.07. The SMILES string of the molecule is NCC(CC(=O)O)C1CC=CC1. The maximum Gasteiger partial charge on any atom is 0.303 e. The number of hydrogen-bond donors (Lipinski definition) is 2. The van der Waals surface area contributed by atoms with Crippen LogP contribution >= 0.6 is 0 Å². The normalized spacial score (nSPS) is 19.8. The van der Waals surface area contributed by atoms with E-state index in [1.165, 1.54) is 0 Å². The lowest BCUT2D eigenvalue weighted by Crippen LogP contribution is -2.24. The predicted molar refractivity (Wildman–Crippen MR) is 46.7 cm³/mol. The quantitative estimate of drug-likeness (QED) is 0.617. The highest BCUT2D eigenvalue weighted by molar-refractivity contribution is 5.67. The second-order valence-electron chi connectivity index (χ2n) is 3.30. The molecule has 0 saturated carbocycles. The molecule has 0 radical (unpaired) electrons. The van der Waals surface area contributed by atoms with Crippen LogP contribution in [0, 0.1) is 11.8 Å². The van der Waals surface area contributed by atoms with Crippen LogP contribution in [0.4, 0.5) is 0 Å². The topological polar surface area (TPSA) is 63.3 Å². The molecule has 1 rings (SSSR count). The second kappa shape index (κ2) is 4.26. The number of carboxylic acids is 1. The van der Waals surface area contributed by atoms with Gasteiger partial charge in [0, 0.05) is 6.42 Å². The summed E-state index contributed by atoms with van der Waals surface area (Å²) in [6.45, 7) is 0.485. The Bertz CT molecular complexity index is 181. The summed E-state index contributed by atoms with van der Waals surface area (Å²) in [7, 11) is 0. The van der Waals surface area contributed by atoms with Gasteiger partial charge in [-0.2, -0.15) is 0 Å². The Hall–Kier alpha value is -0.830. The molecule has 3 N–H and O–H groups in total. The lowest BCUT2D eigenvalue weighted by atomic mass is 9.88. The molecule has 0 fully saturated rings. The van der Waals surface area contributed by atoms with Gasteiger partial charge in [0.1, 0.15) is 0 Å². The van der Waals surface area contributed by atoms with Gasteiger partial charge in [-0.25, -0.2) is 0 Å². The van der Waals surface area contributed by atoms with Gasteiger partial charge in [0.15, 0.2) is 0 Å². The van der Waals surface area contributed by atoms with Gasteiger partial charge in [-0.1, -0.05) is 12.2 Å². The summed E-state index contributed by atoms with van der Waals surface area (Å²) >= 11 is 0. The van der Waals surface area contributed by atoms with Gasteiger partial charge in [0.25, 0.3) is 0 Å². The molecule has 0 heterocycles. The Balaban J connectivity index is 2.39. The standard InChI is InChI=1S/C9H15NO2/c10-6-8(5-9(11)12)7-3-1-2-4-7/h1-2,7-8H,3-6,10H2,(H,11,12). The van der Waals surface area contributed by atoms with Gasteiger partial charge in [0.05, 0.1) is 0 Å². The minimum Gasteiger partial charge on any atom is -0.481 e. The monoisotopic (exact) mass is 169 g/mol. The maximum absolute atomic E-state index is 10.4. The molecule has 1 unspecified atom stereocenters. The first-order valence-corrected chi connectivity index (χ1v) is 4.31. The molecule has 0 amide bonds. The summed E-state index contributed by atoms with van der Waals surface area (Å²) < 4.78 is 0. The van der Waals surface area contributed by atoms with Crippen molar-refractivity contribution < 1.29 is 9.90 Å². The highest BCUT2D eigenvalue weighted by atomic mass is 16.4. The zero-order valence-electron chi connectivity index (χ0n) is 7.07. The first kappa shape index (κ1) is 9.26. The first-order chi connectivity index (χ1) is 5.74. The van der Waals surface area contributed by atoms with Gasteiger partial charge in [-0.05, 0) is 31.2 Å². The van der Waals surface area contributed by atoms with Crippen molar-refractivity contribution in [2.24, 2.45) is 17.6 Å². The average molecular weight is 169 g/mol. The van der Waals surface area contributed by atoms with Crippen LogP contribution < -0.4 is 5.73 Å². The molecule has 0 saturated heterocycles. The lowest BCUT2D eigenvalue weighted by molar-refractivity contribution is -0.138. The van der Waals surface area contributed by atoms with E-state index in [2.05, 4.69) is 12.2 Å². The number of aliphatic carboxylic acids is 1. The van der Waals surface area contributed by atoms with Crippen LogP contribution in [0.15, 0.2) is 12.2 Å². The summed E-state index contributed by atoms with van der Waals surface area (Å²) in [5.41, 5.74) is 5.51. The summed E-state index contributed by atoms with van der Waals surface area (Å²) in [6.07, 6.45) is 6.41. The van der Waals surface area contributed by atoms with Crippen LogP contribution in [0.5, 0.6) is 0 Å². The minimum absolute atomic E-state index is 0.150. The molecule has 1 aliphatic carbocycles. The molecule has 1 aliphatic rings. The summed E-state index contributed by atoms with van der Waals surface area (Å²) in [4.78, 5) is 10.4. The fraction of sp³-hybridized carbons (Fsp3) is 0.667. The van der Waals surface area contributed by atoms with Crippen molar-refractivity contribution in [1.82, 2.24) is 0 Å². The Morgan fingerprint density at radius 3 is 2.58 bits per heavy atom. The van der Waals surface area contributed by atoms with Gasteiger partial charge >= 0.3 is 5.97 Å². The first-order valence-electron chi connectivity index (χ1n) is 4.31. The molecule has 0 spiro atoms. The van der Waals surface area contributed by atoms with Gasteiger partial charge in [-0.15, -0.1) is 0 Å². The highest BCUT2D eigenvalue weighted by Crippen LogP contribution is 2.27. The fourth-order valence-electron chi connectivity index (χ4n) is 1.69. The van der Waals surface area contributed by atoms with E-state index in [9.17, 15) is 4.79 Å². The summed E-state index contributed by atoms with van der Waals surface area (Å²) in [6, 6.07) is 0. The highest BCUT2D eigenvalue weighted by Gasteiger charge is 2.22. The molecule has 68 valence electrons. The molecule has 0 aromatic rings. The van der Waals surface area contributed by atoms with Crippen molar-refractivity contribution in [3.05, 3.63) is 12.2 Å². The van der Waals surface area contributed by atoms with Crippen molar-refractivity contribution >= 4 is 5.97 Å². The number of hydrogen-bond acceptors (Lipinski definition) is 2. The van der Waals surface area contributed by atoms with Crippen molar-refractivity contribution in [1.29, 1.82) is 0 Å². The minimum atomic E-state index is -0.739. The van der Waals surface area contributed by atoms with Crippen LogP contribution in [-0.2, 0) is 4.79 Å². The number of carboxylic acid groups (broad SMARTS) is 1. The van der Waals surface area contributed by atoms with Gasteiger partial charge < -0.3 is 10.8 Å².